The molecule has 1 aromatic rings. The summed E-state index contributed by atoms with van der Waals surface area (Å²) in [6, 6.07) is 0. The first-order valence-corrected chi connectivity index (χ1v) is 4.60. The Labute approximate surface area is 87.7 Å². The molecule has 0 amide bonds. The number of aromatic nitrogens is 2. The summed E-state index contributed by atoms with van der Waals surface area (Å²) in [6.07, 6.45) is 2.59. The molecule has 1 N–H and O–H groups in total. The molecule has 0 saturated heterocycles. The summed E-state index contributed by atoms with van der Waals surface area (Å²) < 4.78 is 1.34. The van der Waals surface area contributed by atoms with Crippen LogP contribution in [0, 0.1) is 5.41 Å². The molecule has 0 atom stereocenters. The van der Waals surface area contributed by atoms with Gasteiger partial charge in [-0.15, -0.1) is 0 Å². The first-order chi connectivity index (χ1) is 6.80. The molecule has 1 rings (SSSR count). The van der Waals surface area contributed by atoms with Gasteiger partial charge in [0.2, 0.25) is 0 Å². The number of carboxylic acids is 1. The molecule has 0 unspecified atom stereocenters. The molecule has 82 valence electrons. The zero-order valence-electron chi connectivity index (χ0n) is 9.02. The molecule has 0 radical (unpaired) electrons. The summed E-state index contributed by atoms with van der Waals surface area (Å²) in [6.45, 7) is 5.56. The van der Waals surface area contributed by atoms with Gasteiger partial charge in [0.1, 0.15) is 6.54 Å². The predicted octanol–water partition coefficient (Wildman–Crippen LogP) is 1.20. The molecule has 5 nitrogen and oxygen atoms in total. The minimum Gasteiger partial charge on any atom is -0.478 e. The average Bonchev–Trinajstić information content (AvgIpc) is 2.50. The number of carboxylic acid groups (broad SMARTS) is 1. The van der Waals surface area contributed by atoms with E-state index in [1.54, 1.807) is 0 Å². The molecule has 5 heteroatoms. The van der Waals surface area contributed by atoms with E-state index >= 15 is 0 Å². The first-order valence-electron chi connectivity index (χ1n) is 4.60. The van der Waals surface area contributed by atoms with E-state index in [2.05, 4.69) is 5.10 Å². The Morgan fingerprint density at radius 1 is 1.47 bits per heavy atom. The predicted molar refractivity (Wildman–Crippen MR) is 53.6 cm³/mol. The van der Waals surface area contributed by atoms with Crippen LogP contribution in [0.1, 0.15) is 31.1 Å². The second kappa shape index (κ2) is 3.84. The molecule has 1 heterocycles. The van der Waals surface area contributed by atoms with Gasteiger partial charge in [0.15, 0.2) is 5.78 Å². The van der Waals surface area contributed by atoms with Crippen molar-refractivity contribution in [3.05, 3.63) is 18.0 Å². The summed E-state index contributed by atoms with van der Waals surface area (Å²) in [4.78, 5) is 22.2. The van der Waals surface area contributed by atoms with E-state index in [4.69, 9.17) is 5.11 Å². The lowest BCUT2D eigenvalue weighted by molar-refractivity contribution is -0.127. The van der Waals surface area contributed by atoms with Gasteiger partial charge in [0.25, 0.3) is 0 Å². The molecule has 0 aliphatic heterocycles. The Balaban J connectivity index is 2.74. The van der Waals surface area contributed by atoms with Gasteiger partial charge in [-0.1, -0.05) is 20.8 Å². The standard InChI is InChI=1S/C10H14N2O3/c1-10(2,3)8(13)6-12-5-7(4-11-12)9(14)15/h4-5H,6H2,1-3H3,(H,14,15). The van der Waals surface area contributed by atoms with E-state index < -0.39 is 11.4 Å². The van der Waals surface area contributed by atoms with Crippen molar-refractivity contribution < 1.29 is 14.7 Å². The maximum Gasteiger partial charge on any atom is 0.338 e. The molecule has 0 fully saturated rings. The summed E-state index contributed by atoms with van der Waals surface area (Å²) in [7, 11) is 0. The molecule has 0 bridgehead atoms. The van der Waals surface area contributed by atoms with E-state index in [-0.39, 0.29) is 17.9 Å². The maximum absolute atomic E-state index is 11.6. The summed E-state index contributed by atoms with van der Waals surface area (Å²) in [5.41, 5.74) is -0.341. The Hall–Kier alpha value is -1.65. The van der Waals surface area contributed by atoms with Gasteiger partial charge in [-0.25, -0.2) is 4.79 Å². The van der Waals surface area contributed by atoms with Crippen LogP contribution in [-0.4, -0.2) is 26.6 Å². The number of rotatable bonds is 3. The van der Waals surface area contributed by atoms with Crippen molar-refractivity contribution in [2.75, 3.05) is 0 Å². The van der Waals surface area contributed by atoms with Crippen molar-refractivity contribution in [2.45, 2.75) is 27.3 Å². The highest BCUT2D eigenvalue weighted by Gasteiger charge is 2.21. The maximum atomic E-state index is 11.6. The largest absolute Gasteiger partial charge is 0.478 e. The Morgan fingerprint density at radius 2 is 2.07 bits per heavy atom. The van der Waals surface area contributed by atoms with Crippen molar-refractivity contribution in [1.29, 1.82) is 0 Å². The highest BCUT2D eigenvalue weighted by atomic mass is 16.4. The van der Waals surface area contributed by atoms with Gasteiger partial charge < -0.3 is 5.11 Å². The first kappa shape index (κ1) is 11.4. The fraction of sp³-hybridized carbons (Fsp3) is 0.500. The lowest BCUT2D eigenvalue weighted by Gasteiger charge is -2.15. The molecule has 0 aliphatic carbocycles. The van der Waals surface area contributed by atoms with Crippen molar-refractivity contribution in [1.82, 2.24) is 9.78 Å². The van der Waals surface area contributed by atoms with Crippen LogP contribution >= 0.6 is 0 Å². The molecular formula is C10H14N2O3. The monoisotopic (exact) mass is 210 g/mol. The van der Waals surface area contributed by atoms with Gasteiger partial charge in [0, 0.05) is 11.6 Å². The number of nitrogens with zero attached hydrogens (tertiary/aromatic N) is 2. The van der Waals surface area contributed by atoms with Crippen LogP contribution in [0.4, 0.5) is 0 Å². The number of carbonyl (C=O) groups excluding carboxylic acids is 1. The zero-order valence-corrected chi connectivity index (χ0v) is 9.02. The number of carbonyl (C=O) groups is 2. The number of Topliss-reactive ketones (excluding diaryl/α,β-unsaturated/α-hetero) is 1. The third-order valence-corrected chi connectivity index (χ3v) is 2.02. The van der Waals surface area contributed by atoms with Gasteiger partial charge in [-0.2, -0.15) is 5.10 Å². The molecule has 0 spiro atoms. The van der Waals surface area contributed by atoms with Crippen molar-refractivity contribution >= 4 is 11.8 Å². The highest BCUT2D eigenvalue weighted by Crippen LogP contribution is 2.15. The van der Waals surface area contributed by atoms with Crippen molar-refractivity contribution in [3.63, 3.8) is 0 Å². The van der Waals surface area contributed by atoms with E-state index in [9.17, 15) is 9.59 Å². The number of hydrogen-bond acceptors (Lipinski definition) is 3. The van der Waals surface area contributed by atoms with Gasteiger partial charge in [-0.05, 0) is 0 Å². The van der Waals surface area contributed by atoms with E-state index in [0.29, 0.717) is 0 Å². The fourth-order valence-corrected chi connectivity index (χ4v) is 0.945. The Bertz CT molecular complexity index is 388. The number of ketones is 1. The lowest BCUT2D eigenvalue weighted by Crippen LogP contribution is -2.25. The lowest BCUT2D eigenvalue weighted by atomic mass is 9.91. The van der Waals surface area contributed by atoms with Crippen LogP contribution in [0.5, 0.6) is 0 Å². The topological polar surface area (TPSA) is 72.2 Å². The van der Waals surface area contributed by atoms with Crippen LogP contribution in [0.2, 0.25) is 0 Å². The molecular weight excluding hydrogens is 196 g/mol. The van der Waals surface area contributed by atoms with Gasteiger partial charge in [-0.3, -0.25) is 9.48 Å². The third-order valence-electron chi connectivity index (χ3n) is 2.02. The Morgan fingerprint density at radius 3 is 2.47 bits per heavy atom. The summed E-state index contributed by atoms with van der Waals surface area (Å²) >= 11 is 0. The highest BCUT2D eigenvalue weighted by molar-refractivity contribution is 5.87. The number of aromatic carboxylic acids is 1. The molecule has 0 saturated carbocycles. The van der Waals surface area contributed by atoms with Crippen LogP contribution in [0.15, 0.2) is 12.4 Å². The minimum atomic E-state index is -1.04. The normalized spacial score (nSPS) is 11.4. The van der Waals surface area contributed by atoms with Crippen molar-refractivity contribution in [3.8, 4) is 0 Å². The van der Waals surface area contributed by atoms with Crippen molar-refractivity contribution in [2.24, 2.45) is 5.41 Å². The summed E-state index contributed by atoms with van der Waals surface area (Å²) in [5.74, 6) is -1.02. The van der Waals surface area contributed by atoms with Crippen LogP contribution in [0.3, 0.4) is 0 Å². The third kappa shape index (κ3) is 2.90. The number of hydrogen-bond donors (Lipinski definition) is 1. The van der Waals surface area contributed by atoms with E-state index in [1.807, 2.05) is 20.8 Å². The van der Waals surface area contributed by atoms with Gasteiger partial charge >= 0.3 is 5.97 Å². The zero-order chi connectivity index (χ0) is 11.6. The fourth-order valence-electron chi connectivity index (χ4n) is 0.945. The molecule has 0 aliphatic rings. The van der Waals surface area contributed by atoms with Crippen LogP contribution in [0.25, 0.3) is 0 Å². The summed E-state index contributed by atoms with van der Waals surface area (Å²) in [5, 5.41) is 12.5. The second-order valence-electron chi connectivity index (χ2n) is 4.40. The van der Waals surface area contributed by atoms with Gasteiger partial charge in [0.05, 0.1) is 11.8 Å². The van der Waals surface area contributed by atoms with Crippen LogP contribution < -0.4 is 0 Å². The van der Waals surface area contributed by atoms with Crippen LogP contribution in [-0.2, 0) is 11.3 Å². The second-order valence-corrected chi connectivity index (χ2v) is 4.40. The Kier molecular flexibility index (Phi) is 2.93. The molecule has 1 aromatic heterocycles. The average molecular weight is 210 g/mol. The minimum absolute atomic E-state index is 0.0162. The quantitative estimate of drug-likeness (QED) is 0.813. The van der Waals surface area contributed by atoms with E-state index in [1.165, 1.54) is 17.1 Å². The van der Waals surface area contributed by atoms with E-state index in [0.717, 1.165) is 0 Å². The molecule has 0 aromatic carbocycles. The SMILES string of the molecule is CC(C)(C)C(=O)Cn1cc(C(=O)O)cn1. The smallest absolute Gasteiger partial charge is 0.338 e. The molecule has 15 heavy (non-hydrogen) atoms.